The first-order valence-corrected chi connectivity index (χ1v) is 8.14. The van der Waals surface area contributed by atoms with Crippen LogP contribution in [0.3, 0.4) is 0 Å². The van der Waals surface area contributed by atoms with Crippen LogP contribution in [-0.2, 0) is 0 Å². The maximum absolute atomic E-state index is 12.2. The first-order valence-electron chi connectivity index (χ1n) is 7.32. The quantitative estimate of drug-likeness (QED) is 0.585. The summed E-state index contributed by atoms with van der Waals surface area (Å²) in [7, 11) is 0. The second kappa shape index (κ2) is 5.82. The highest BCUT2D eigenvalue weighted by atomic mass is 32.1. The van der Waals surface area contributed by atoms with Gasteiger partial charge >= 0.3 is 0 Å². The van der Waals surface area contributed by atoms with Crippen LogP contribution in [0.1, 0.15) is 0 Å². The SMILES string of the molecule is Nc1nc(Nc2ccccc2)sc1-c1cc(=O)c2ccccc2o1. The number of fused-ring (bicyclic) bond motifs is 1. The largest absolute Gasteiger partial charge is 0.455 e. The van der Waals surface area contributed by atoms with E-state index in [0.29, 0.717) is 32.6 Å². The maximum atomic E-state index is 12.2. The van der Waals surface area contributed by atoms with Gasteiger partial charge in [0.2, 0.25) is 0 Å². The van der Waals surface area contributed by atoms with Crippen molar-refractivity contribution < 1.29 is 4.42 Å². The second-order valence-electron chi connectivity index (χ2n) is 5.20. The van der Waals surface area contributed by atoms with Crippen LogP contribution in [0, 0.1) is 0 Å². The number of para-hydroxylation sites is 2. The number of rotatable bonds is 3. The molecule has 0 bridgehead atoms. The lowest BCUT2D eigenvalue weighted by molar-refractivity contribution is 0.621. The molecular weight excluding hydrogens is 322 g/mol. The third kappa shape index (κ3) is 2.63. The smallest absolute Gasteiger partial charge is 0.193 e. The first-order chi connectivity index (χ1) is 11.7. The van der Waals surface area contributed by atoms with Gasteiger partial charge in [-0.3, -0.25) is 4.79 Å². The molecule has 0 aliphatic heterocycles. The molecule has 2 aromatic carbocycles. The molecule has 0 amide bonds. The van der Waals surface area contributed by atoms with E-state index < -0.39 is 0 Å². The molecule has 0 fully saturated rings. The Bertz CT molecular complexity index is 1070. The van der Waals surface area contributed by atoms with E-state index in [1.165, 1.54) is 17.4 Å². The van der Waals surface area contributed by atoms with Gasteiger partial charge in [0.05, 0.1) is 5.39 Å². The fraction of sp³-hybridized carbons (Fsp3) is 0. The Morgan fingerprint density at radius 2 is 1.79 bits per heavy atom. The Labute approximate surface area is 141 Å². The van der Waals surface area contributed by atoms with Crippen LogP contribution in [0.15, 0.2) is 69.9 Å². The lowest BCUT2D eigenvalue weighted by atomic mass is 10.2. The van der Waals surface area contributed by atoms with Gasteiger partial charge in [-0.25, -0.2) is 4.98 Å². The van der Waals surface area contributed by atoms with Crippen LogP contribution >= 0.6 is 11.3 Å². The van der Waals surface area contributed by atoms with Crippen LogP contribution in [-0.4, -0.2) is 4.98 Å². The number of nitrogens with two attached hydrogens (primary N) is 1. The summed E-state index contributed by atoms with van der Waals surface area (Å²) in [5.41, 5.74) is 7.37. The number of anilines is 3. The Morgan fingerprint density at radius 3 is 2.62 bits per heavy atom. The standard InChI is InChI=1S/C18H13N3O2S/c19-17-16(24-18(21-17)20-11-6-2-1-3-7-11)15-10-13(22)12-8-4-5-9-14(12)23-15/h1-10H,19H2,(H,20,21). The number of nitrogens with one attached hydrogen (secondary N) is 1. The molecule has 4 aromatic rings. The zero-order valence-electron chi connectivity index (χ0n) is 12.5. The number of benzene rings is 2. The summed E-state index contributed by atoms with van der Waals surface area (Å²) in [4.78, 5) is 17.2. The molecule has 0 aliphatic rings. The Kier molecular flexibility index (Phi) is 3.51. The Morgan fingerprint density at radius 1 is 1.04 bits per heavy atom. The third-order valence-corrected chi connectivity index (χ3v) is 4.54. The molecule has 0 saturated heterocycles. The molecule has 5 nitrogen and oxygen atoms in total. The number of nitrogens with zero attached hydrogens (tertiary/aromatic N) is 1. The highest BCUT2D eigenvalue weighted by molar-refractivity contribution is 7.19. The zero-order valence-corrected chi connectivity index (χ0v) is 13.3. The summed E-state index contributed by atoms with van der Waals surface area (Å²) >= 11 is 1.34. The molecule has 3 N–H and O–H groups in total. The van der Waals surface area contributed by atoms with Gasteiger partial charge in [0, 0.05) is 11.8 Å². The summed E-state index contributed by atoms with van der Waals surface area (Å²) in [6, 6.07) is 18.3. The van der Waals surface area contributed by atoms with Gasteiger partial charge in [0.15, 0.2) is 16.3 Å². The highest BCUT2D eigenvalue weighted by Gasteiger charge is 2.15. The number of hydrogen-bond donors (Lipinski definition) is 2. The number of hydrogen-bond acceptors (Lipinski definition) is 6. The molecule has 0 radical (unpaired) electrons. The topological polar surface area (TPSA) is 81.1 Å². The molecule has 24 heavy (non-hydrogen) atoms. The van der Waals surface area contributed by atoms with E-state index >= 15 is 0 Å². The van der Waals surface area contributed by atoms with Gasteiger partial charge in [-0.1, -0.05) is 41.7 Å². The number of nitrogen functional groups attached to an aromatic ring is 1. The Balaban J connectivity index is 1.76. The van der Waals surface area contributed by atoms with Crippen LogP contribution < -0.4 is 16.5 Å². The van der Waals surface area contributed by atoms with Crippen LogP contribution in [0.25, 0.3) is 21.6 Å². The van der Waals surface area contributed by atoms with Crippen LogP contribution in [0.2, 0.25) is 0 Å². The minimum absolute atomic E-state index is 0.0998. The minimum atomic E-state index is -0.0998. The third-order valence-electron chi connectivity index (χ3n) is 3.54. The van der Waals surface area contributed by atoms with Gasteiger partial charge in [-0.15, -0.1) is 0 Å². The lowest BCUT2D eigenvalue weighted by Gasteiger charge is -2.01. The van der Waals surface area contributed by atoms with Crippen molar-refractivity contribution in [3.05, 3.63) is 70.9 Å². The maximum Gasteiger partial charge on any atom is 0.193 e. The minimum Gasteiger partial charge on any atom is -0.455 e. The van der Waals surface area contributed by atoms with Crippen molar-refractivity contribution in [3.8, 4) is 10.6 Å². The van der Waals surface area contributed by atoms with Gasteiger partial charge < -0.3 is 15.5 Å². The molecule has 0 saturated carbocycles. The van der Waals surface area contributed by atoms with E-state index in [1.54, 1.807) is 12.1 Å². The molecule has 6 heteroatoms. The molecule has 0 unspecified atom stereocenters. The number of aromatic nitrogens is 1. The molecule has 2 aromatic heterocycles. The van der Waals surface area contributed by atoms with E-state index in [0.717, 1.165) is 5.69 Å². The van der Waals surface area contributed by atoms with E-state index in [1.807, 2.05) is 42.5 Å². The predicted molar refractivity (Wildman–Crippen MR) is 97.7 cm³/mol. The van der Waals surface area contributed by atoms with E-state index in [2.05, 4.69) is 10.3 Å². The summed E-state index contributed by atoms with van der Waals surface area (Å²) in [6.45, 7) is 0. The lowest BCUT2D eigenvalue weighted by Crippen LogP contribution is -2.00. The van der Waals surface area contributed by atoms with Crippen molar-refractivity contribution in [3.63, 3.8) is 0 Å². The molecular formula is C18H13N3O2S. The molecule has 0 aliphatic carbocycles. The van der Waals surface area contributed by atoms with Crippen molar-refractivity contribution >= 4 is 38.9 Å². The summed E-state index contributed by atoms with van der Waals surface area (Å²) in [5, 5.41) is 4.39. The van der Waals surface area contributed by atoms with Crippen molar-refractivity contribution in [2.24, 2.45) is 0 Å². The van der Waals surface area contributed by atoms with E-state index in [4.69, 9.17) is 10.2 Å². The highest BCUT2D eigenvalue weighted by Crippen LogP contribution is 2.36. The van der Waals surface area contributed by atoms with Gasteiger partial charge in [0.25, 0.3) is 0 Å². The van der Waals surface area contributed by atoms with Crippen molar-refractivity contribution in [1.29, 1.82) is 0 Å². The summed E-state index contributed by atoms with van der Waals surface area (Å²) < 4.78 is 5.84. The molecule has 4 rings (SSSR count). The molecule has 0 atom stereocenters. The van der Waals surface area contributed by atoms with Crippen LogP contribution in [0.5, 0.6) is 0 Å². The first kappa shape index (κ1) is 14.5. The predicted octanol–water partition coefficient (Wildman–Crippen LogP) is 4.24. The average molecular weight is 335 g/mol. The van der Waals surface area contributed by atoms with Crippen molar-refractivity contribution in [1.82, 2.24) is 4.98 Å². The van der Waals surface area contributed by atoms with E-state index in [-0.39, 0.29) is 5.43 Å². The van der Waals surface area contributed by atoms with Crippen molar-refractivity contribution in [2.45, 2.75) is 0 Å². The molecule has 0 spiro atoms. The van der Waals surface area contributed by atoms with Crippen molar-refractivity contribution in [2.75, 3.05) is 11.1 Å². The normalized spacial score (nSPS) is 10.8. The summed E-state index contributed by atoms with van der Waals surface area (Å²) in [6.07, 6.45) is 0. The second-order valence-corrected chi connectivity index (χ2v) is 6.19. The van der Waals surface area contributed by atoms with Gasteiger partial charge in [-0.05, 0) is 24.3 Å². The zero-order chi connectivity index (χ0) is 16.5. The van der Waals surface area contributed by atoms with Gasteiger partial charge in [0.1, 0.15) is 16.3 Å². The fourth-order valence-electron chi connectivity index (χ4n) is 2.42. The molecule has 118 valence electrons. The van der Waals surface area contributed by atoms with Crippen LogP contribution in [0.4, 0.5) is 16.6 Å². The Hall–Kier alpha value is -3.12. The average Bonchev–Trinajstić information content (AvgIpc) is 2.96. The number of thiazole rings is 1. The monoisotopic (exact) mass is 335 g/mol. The van der Waals surface area contributed by atoms with E-state index in [9.17, 15) is 4.79 Å². The molecule has 2 heterocycles. The summed E-state index contributed by atoms with van der Waals surface area (Å²) in [5.74, 6) is 0.756. The fourth-order valence-corrected chi connectivity index (χ4v) is 3.28. The van der Waals surface area contributed by atoms with Gasteiger partial charge in [-0.2, -0.15) is 0 Å².